The minimum absolute atomic E-state index is 0.0287. The molecule has 0 aliphatic carbocycles. The minimum Gasteiger partial charge on any atom is -0.497 e. The molecule has 1 unspecified atom stereocenters. The lowest BCUT2D eigenvalue weighted by molar-refractivity contribution is 0.0736. The van der Waals surface area contributed by atoms with Crippen LogP contribution in [0.1, 0.15) is 74.9 Å². The predicted octanol–water partition coefficient (Wildman–Crippen LogP) is 7.55. The molecule has 1 N–H and O–H groups in total. The van der Waals surface area contributed by atoms with E-state index in [1.165, 1.54) is 4.88 Å². The summed E-state index contributed by atoms with van der Waals surface area (Å²) in [4.78, 5) is 30.3. The van der Waals surface area contributed by atoms with Gasteiger partial charge in [0.2, 0.25) is 0 Å². The second-order valence-electron chi connectivity index (χ2n) is 11.1. The maximum Gasteiger partial charge on any atom is 0.254 e. The second-order valence-corrected chi connectivity index (χ2v) is 12.1. The zero-order chi connectivity index (χ0) is 29.3. The minimum atomic E-state index is -0.624. The van der Waals surface area contributed by atoms with Crippen molar-refractivity contribution in [3.63, 3.8) is 0 Å². The van der Waals surface area contributed by atoms with Crippen LogP contribution in [0.3, 0.4) is 0 Å². The summed E-state index contributed by atoms with van der Waals surface area (Å²) in [6, 6.07) is 29.4. The van der Waals surface area contributed by atoms with Crippen molar-refractivity contribution in [2.24, 2.45) is 5.92 Å². The molecule has 1 fully saturated rings. The monoisotopic (exact) mass is 581 g/mol. The van der Waals surface area contributed by atoms with Crippen LogP contribution in [0.2, 0.25) is 0 Å². The van der Waals surface area contributed by atoms with Gasteiger partial charge in [-0.15, -0.1) is 11.3 Å². The van der Waals surface area contributed by atoms with Gasteiger partial charge in [-0.2, -0.15) is 0 Å². The third-order valence-electron chi connectivity index (χ3n) is 8.25. The first-order valence-corrected chi connectivity index (χ1v) is 15.7. The Morgan fingerprint density at radius 1 is 0.952 bits per heavy atom. The van der Waals surface area contributed by atoms with Crippen LogP contribution in [-0.2, 0) is 12.8 Å². The Morgan fingerprint density at radius 3 is 2.52 bits per heavy atom. The molecular weight excluding hydrogens is 542 g/mol. The van der Waals surface area contributed by atoms with E-state index in [4.69, 9.17) is 4.74 Å². The average molecular weight is 582 g/mol. The Labute approximate surface area is 252 Å². The normalized spacial score (nSPS) is 16.2. The SMILES string of the molecule is COc1cccc(CCC[C@@H](O)[C@@H](CC(=O)c2cccc(C(=O)N3CCCC3c3cccs3)c2)Cc2ccccc2)c1. The Bertz CT molecular complexity index is 1450. The number of amides is 1. The third-order valence-corrected chi connectivity index (χ3v) is 9.22. The van der Waals surface area contributed by atoms with E-state index in [9.17, 15) is 14.7 Å². The Kier molecular flexibility index (Phi) is 10.2. The van der Waals surface area contributed by atoms with Crippen molar-refractivity contribution < 1.29 is 19.4 Å². The highest BCUT2D eigenvalue weighted by Gasteiger charge is 2.31. The molecule has 0 saturated carbocycles. The Hall–Kier alpha value is -3.74. The maximum atomic E-state index is 13.6. The van der Waals surface area contributed by atoms with Crippen molar-refractivity contribution in [3.05, 3.63) is 124 Å². The van der Waals surface area contributed by atoms with E-state index < -0.39 is 6.10 Å². The molecule has 0 radical (unpaired) electrons. The summed E-state index contributed by atoms with van der Waals surface area (Å²) >= 11 is 1.68. The number of aliphatic hydroxyl groups excluding tert-OH is 1. The van der Waals surface area contributed by atoms with Gasteiger partial charge in [-0.3, -0.25) is 9.59 Å². The van der Waals surface area contributed by atoms with Crippen LogP contribution in [0.15, 0.2) is 96.4 Å². The molecule has 0 spiro atoms. The number of nitrogens with zero attached hydrogens (tertiary/aromatic N) is 1. The largest absolute Gasteiger partial charge is 0.497 e. The van der Waals surface area contributed by atoms with Crippen LogP contribution in [0.5, 0.6) is 5.75 Å². The molecule has 42 heavy (non-hydrogen) atoms. The summed E-state index contributed by atoms with van der Waals surface area (Å²) in [7, 11) is 1.66. The van der Waals surface area contributed by atoms with Crippen LogP contribution >= 0.6 is 11.3 Å². The number of aliphatic hydroxyl groups is 1. The second kappa shape index (κ2) is 14.4. The molecule has 218 valence electrons. The summed E-state index contributed by atoms with van der Waals surface area (Å²) in [5.41, 5.74) is 3.33. The van der Waals surface area contributed by atoms with Gasteiger partial charge >= 0.3 is 0 Å². The summed E-state index contributed by atoms with van der Waals surface area (Å²) in [5, 5.41) is 13.4. The molecule has 5 rings (SSSR count). The number of benzene rings is 3. The summed E-state index contributed by atoms with van der Waals surface area (Å²) < 4.78 is 5.34. The van der Waals surface area contributed by atoms with E-state index in [0.717, 1.165) is 49.1 Å². The fourth-order valence-corrected chi connectivity index (χ4v) is 6.85. The number of aryl methyl sites for hydroxylation is 1. The molecule has 2 heterocycles. The number of hydrogen-bond donors (Lipinski definition) is 1. The average Bonchev–Trinajstić information content (AvgIpc) is 3.74. The molecule has 4 aromatic rings. The maximum absolute atomic E-state index is 13.6. The molecule has 1 saturated heterocycles. The third kappa shape index (κ3) is 7.55. The summed E-state index contributed by atoms with van der Waals surface area (Å²) in [6.45, 7) is 0.723. The van der Waals surface area contributed by atoms with E-state index in [1.54, 1.807) is 42.7 Å². The van der Waals surface area contributed by atoms with Gasteiger partial charge in [0.25, 0.3) is 5.91 Å². The Balaban J connectivity index is 1.26. The zero-order valence-electron chi connectivity index (χ0n) is 24.2. The number of likely N-dealkylation sites (tertiary alicyclic amines) is 1. The van der Waals surface area contributed by atoms with Crippen molar-refractivity contribution in [2.75, 3.05) is 13.7 Å². The van der Waals surface area contributed by atoms with E-state index in [1.807, 2.05) is 59.5 Å². The Morgan fingerprint density at radius 2 is 1.74 bits per heavy atom. The van der Waals surface area contributed by atoms with Gasteiger partial charge in [0.1, 0.15) is 5.75 Å². The number of hydrogen-bond acceptors (Lipinski definition) is 5. The van der Waals surface area contributed by atoms with Crippen molar-refractivity contribution >= 4 is 23.0 Å². The molecule has 1 aliphatic heterocycles. The van der Waals surface area contributed by atoms with Crippen LogP contribution < -0.4 is 4.74 Å². The number of ether oxygens (including phenoxy) is 1. The molecular formula is C36H39NO4S. The fourth-order valence-electron chi connectivity index (χ4n) is 5.97. The number of carbonyl (C=O) groups is 2. The lowest BCUT2D eigenvalue weighted by Gasteiger charge is -2.24. The van der Waals surface area contributed by atoms with Gasteiger partial charge in [-0.05, 0) is 91.3 Å². The van der Waals surface area contributed by atoms with E-state index in [-0.39, 0.29) is 30.1 Å². The van der Waals surface area contributed by atoms with Gasteiger partial charge in [0.05, 0.1) is 19.3 Å². The smallest absolute Gasteiger partial charge is 0.254 e. The number of thiophene rings is 1. The van der Waals surface area contributed by atoms with E-state index in [2.05, 4.69) is 17.5 Å². The predicted molar refractivity (Wildman–Crippen MR) is 168 cm³/mol. The van der Waals surface area contributed by atoms with Crippen molar-refractivity contribution in [2.45, 2.75) is 57.1 Å². The van der Waals surface area contributed by atoms with Crippen LogP contribution in [0, 0.1) is 5.92 Å². The van der Waals surface area contributed by atoms with Crippen LogP contribution in [0.25, 0.3) is 0 Å². The molecule has 3 atom stereocenters. The lowest BCUT2D eigenvalue weighted by Crippen LogP contribution is -2.30. The van der Waals surface area contributed by atoms with Crippen molar-refractivity contribution in [1.29, 1.82) is 0 Å². The van der Waals surface area contributed by atoms with Gasteiger partial charge in [0.15, 0.2) is 5.78 Å². The van der Waals surface area contributed by atoms with Gasteiger partial charge in [0, 0.05) is 29.0 Å². The molecule has 1 aromatic heterocycles. The van der Waals surface area contributed by atoms with Gasteiger partial charge in [-0.25, -0.2) is 0 Å². The molecule has 5 nitrogen and oxygen atoms in total. The quantitative estimate of drug-likeness (QED) is 0.166. The number of ketones is 1. The van der Waals surface area contributed by atoms with E-state index in [0.29, 0.717) is 24.0 Å². The summed E-state index contributed by atoms with van der Waals surface area (Å²) in [5.74, 6) is 0.520. The highest BCUT2D eigenvalue weighted by Crippen LogP contribution is 2.35. The van der Waals surface area contributed by atoms with E-state index >= 15 is 0 Å². The zero-order valence-corrected chi connectivity index (χ0v) is 25.0. The number of rotatable bonds is 13. The topological polar surface area (TPSA) is 66.8 Å². The van der Waals surface area contributed by atoms with Crippen LogP contribution in [0.4, 0.5) is 0 Å². The van der Waals surface area contributed by atoms with Gasteiger partial charge < -0.3 is 14.7 Å². The fraction of sp³-hybridized carbons (Fsp3) is 0.333. The highest BCUT2D eigenvalue weighted by molar-refractivity contribution is 7.10. The first-order valence-electron chi connectivity index (χ1n) is 14.8. The van der Waals surface area contributed by atoms with Crippen molar-refractivity contribution in [3.8, 4) is 5.75 Å². The number of Topliss-reactive ketones (excluding diaryl/α,β-unsaturated/α-hetero) is 1. The number of methoxy groups -OCH3 is 1. The number of carbonyl (C=O) groups excluding carboxylic acids is 2. The summed E-state index contributed by atoms with van der Waals surface area (Å²) in [6.07, 6.45) is 4.37. The van der Waals surface area contributed by atoms with Crippen molar-refractivity contribution in [1.82, 2.24) is 4.90 Å². The molecule has 3 aromatic carbocycles. The molecule has 1 aliphatic rings. The molecule has 1 amide bonds. The first-order chi connectivity index (χ1) is 20.5. The lowest BCUT2D eigenvalue weighted by atomic mass is 9.85. The van der Waals surface area contributed by atoms with Gasteiger partial charge in [-0.1, -0.05) is 60.7 Å². The standard InChI is InChI=1S/C36H39NO4S/c1-41-31-16-5-12-27(23-31)13-6-18-33(38)30(22-26-10-3-2-4-11-26)25-34(39)28-14-7-15-29(24-28)36(40)37-20-8-17-32(37)35-19-9-21-42-35/h2-5,7,9-12,14-16,19,21,23-24,30,32-33,38H,6,8,13,17-18,20,22,25H2,1H3/t30-,32?,33-/m1/s1. The first kappa shape index (κ1) is 29.7. The molecule has 0 bridgehead atoms. The van der Waals surface area contributed by atoms with Crippen LogP contribution in [-0.4, -0.2) is 41.5 Å². The molecule has 6 heteroatoms. The highest BCUT2D eigenvalue weighted by atomic mass is 32.1.